The van der Waals surface area contributed by atoms with E-state index in [9.17, 15) is 9.59 Å². The molecule has 0 aliphatic carbocycles. The lowest BCUT2D eigenvalue weighted by molar-refractivity contribution is -0.123. The second-order valence-electron chi connectivity index (χ2n) is 5.37. The van der Waals surface area contributed by atoms with Crippen LogP contribution in [0.15, 0.2) is 48.5 Å². The van der Waals surface area contributed by atoms with Crippen molar-refractivity contribution in [2.75, 3.05) is 19.5 Å². The fourth-order valence-electron chi connectivity index (χ4n) is 2.17. The largest absolute Gasteiger partial charge is 0.495 e. The number of methoxy groups -OCH3 is 2. The molecule has 2 aromatic carbocycles. The van der Waals surface area contributed by atoms with Gasteiger partial charge in [0.15, 0.2) is 6.10 Å². The Morgan fingerprint density at radius 3 is 2.36 bits per heavy atom. The molecule has 0 bridgehead atoms. The summed E-state index contributed by atoms with van der Waals surface area (Å²) in [5.41, 5.74) is 1.83. The average molecular weight is 343 g/mol. The van der Waals surface area contributed by atoms with Crippen molar-refractivity contribution in [3.05, 3.63) is 59.7 Å². The molecule has 0 radical (unpaired) electrons. The summed E-state index contributed by atoms with van der Waals surface area (Å²) in [4.78, 5) is 24.4. The highest BCUT2D eigenvalue weighted by Gasteiger charge is 2.20. The summed E-state index contributed by atoms with van der Waals surface area (Å²) in [5, 5.41) is 2.69. The van der Waals surface area contributed by atoms with E-state index in [1.165, 1.54) is 14.0 Å². The van der Waals surface area contributed by atoms with E-state index in [1.807, 2.05) is 0 Å². The van der Waals surface area contributed by atoms with Crippen LogP contribution in [0.5, 0.6) is 5.75 Å². The van der Waals surface area contributed by atoms with Crippen molar-refractivity contribution < 1.29 is 23.8 Å². The SMILES string of the molecule is COCc1ccc(C(=O)O[C@@H](C)C(=O)Nc2ccccc2OC)cc1. The third-order valence-electron chi connectivity index (χ3n) is 3.52. The van der Waals surface area contributed by atoms with Gasteiger partial charge in [-0.25, -0.2) is 4.79 Å². The smallest absolute Gasteiger partial charge is 0.338 e. The average Bonchev–Trinajstić information content (AvgIpc) is 2.63. The molecule has 0 unspecified atom stereocenters. The third-order valence-corrected chi connectivity index (χ3v) is 3.52. The Morgan fingerprint density at radius 1 is 1.04 bits per heavy atom. The van der Waals surface area contributed by atoms with E-state index in [-0.39, 0.29) is 0 Å². The summed E-state index contributed by atoms with van der Waals surface area (Å²) in [5.74, 6) is -0.469. The normalized spacial score (nSPS) is 11.5. The second-order valence-corrected chi connectivity index (χ2v) is 5.37. The van der Waals surface area contributed by atoms with Gasteiger partial charge in [0.05, 0.1) is 25.0 Å². The molecule has 2 rings (SSSR count). The molecule has 1 atom stereocenters. The summed E-state index contributed by atoms with van der Waals surface area (Å²) in [6, 6.07) is 13.8. The molecule has 25 heavy (non-hydrogen) atoms. The van der Waals surface area contributed by atoms with Crippen molar-refractivity contribution in [2.24, 2.45) is 0 Å². The Labute approximate surface area is 146 Å². The number of carbonyl (C=O) groups excluding carboxylic acids is 2. The number of rotatable bonds is 7. The molecule has 6 heteroatoms. The van der Waals surface area contributed by atoms with Crippen molar-refractivity contribution in [3.8, 4) is 5.75 Å². The van der Waals surface area contributed by atoms with Crippen molar-refractivity contribution in [1.29, 1.82) is 0 Å². The van der Waals surface area contributed by atoms with Gasteiger partial charge in [0, 0.05) is 7.11 Å². The number of esters is 1. The molecule has 0 heterocycles. The van der Waals surface area contributed by atoms with Gasteiger partial charge in [-0.15, -0.1) is 0 Å². The number of amides is 1. The van der Waals surface area contributed by atoms with Crippen LogP contribution in [0.1, 0.15) is 22.8 Å². The zero-order chi connectivity index (χ0) is 18.2. The first-order valence-electron chi connectivity index (χ1n) is 7.78. The minimum Gasteiger partial charge on any atom is -0.495 e. The molecule has 0 saturated heterocycles. The van der Waals surface area contributed by atoms with Crippen LogP contribution in [-0.2, 0) is 20.9 Å². The highest BCUT2D eigenvalue weighted by Crippen LogP contribution is 2.23. The second kappa shape index (κ2) is 8.84. The molecule has 0 saturated carbocycles. The van der Waals surface area contributed by atoms with Crippen LogP contribution in [0.2, 0.25) is 0 Å². The number of hydrogen-bond donors (Lipinski definition) is 1. The lowest BCUT2D eigenvalue weighted by Crippen LogP contribution is -2.30. The van der Waals surface area contributed by atoms with Gasteiger partial charge in [-0.05, 0) is 36.8 Å². The van der Waals surface area contributed by atoms with Crippen LogP contribution in [0.25, 0.3) is 0 Å². The zero-order valence-electron chi connectivity index (χ0n) is 14.4. The monoisotopic (exact) mass is 343 g/mol. The summed E-state index contributed by atoms with van der Waals surface area (Å²) < 4.78 is 15.4. The zero-order valence-corrected chi connectivity index (χ0v) is 14.4. The lowest BCUT2D eigenvalue weighted by Gasteiger charge is -2.15. The topological polar surface area (TPSA) is 73.9 Å². The van der Waals surface area contributed by atoms with Crippen LogP contribution in [0, 0.1) is 0 Å². The number of ether oxygens (including phenoxy) is 3. The van der Waals surface area contributed by atoms with Crippen LogP contribution in [0.3, 0.4) is 0 Å². The van der Waals surface area contributed by atoms with Crippen molar-refractivity contribution in [1.82, 2.24) is 0 Å². The highest BCUT2D eigenvalue weighted by atomic mass is 16.5. The molecule has 0 aliphatic heterocycles. The van der Waals surface area contributed by atoms with Crippen LogP contribution >= 0.6 is 0 Å². The molecule has 2 aromatic rings. The highest BCUT2D eigenvalue weighted by molar-refractivity contribution is 5.98. The maximum atomic E-state index is 12.2. The maximum Gasteiger partial charge on any atom is 0.338 e. The molecule has 0 spiro atoms. The lowest BCUT2D eigenvalue weighted by atomic mass is 10.1. The van der Waals surface area contributed by atoms with E-state index in [2.05, 4.69) is 5.32 Å². The number of nitrogens with one attached hydrogen (secondary N) is 1. The first-order valence-corrected chi connectivity index (χ1v) is 7.78. The fourth-order valence-corrected chi connectivity index (χ4v) is 2.17. The van der Waals surface area contributed by atoms with E-state index in [4.69, 9.17) is 14.2 Å². The van der Waals surface area contributed by atoms with Gasteiger partial charge >= 0.3 is 5.97 Å². The summed E-state index contributed by atoms with van der Waals surface area (Å²) in [6.07, 6.45) is -0.948. The molecule has 132 valence electrons. The van der Waals surface area contributed by atoms with E-state index in [1.54, 1.807) is 55.6 Å². The Hall–Kier alpha value is -2.86. The molecule has 1 N–H and O–H groups in total. The fraction of sp³-hybridized carbons (Fsp3) is 0.263. The predicted molar refractivity (Wildman–Crippen MR) is 93.7 cm³/mol. The van der Waals surface area contributed by atoms with Crippen LogP contribution < -0.4 is 10.1 Å². The Bertz CT molecular complexity index is 727. The molecule has 0 aromatic heterocycles. The van der Waals surface area contributed by atoms with Gasteiger partial charge in [0.2, 0.25) is 0 Å². The number of carbonyl (C=O) groups is 2. The predicted octanol–water partition coefficient (Wildman–Crippen LogP) is 3.03. The molecule has 1 amide bonds. The van der Waals surface area contributed by atoms with E-state index in [0.717, 1.165) is 5.56 Å². The maximum absolute atomic E-state index is 12.2. The van der Waals surface area contributed by atoms with Crippen molar-refractivity contribution in [3.63, 3.8) is 0 Å². The van der Waals surface area contributed by atoms with Gasteiger partial charge in [-0.2, -0.15) is 0 Å². The number of hydrogen-bond acceptors (Lipinski definition) is 5. The Morgan fingerprint density at radius 2 is 1.72 bits per heavy atom. The van der Waals surface area contributed by atoms with Gasteiger partial charge < -0.3 is 19.5 Å². The minimum absolute atomic E-state index is 0.372. The Kier molecular flexibility index (Phi) is 6.54. The molecular weight excluding hydrogens is 322 g/mol. The first-order chi connectivity index (χ1) is 12.0. The third kappa shape index (κ3) is 5.06. The van der Waals surface area contributed by atoms with Crippen molar-refractivity contribution >= 4 is 17.6 Å². The van der Waals surface area contributed by atoms with E-state index in [0.29, 0.717) is 23.6 Å². The number of anilines is 1. The molecular formula is C19H21NO5. The summed E-state index contributed by atoms with van der Waals surface area (Å²) in [6.45, 7) is 1.98. The van der Waals surface area contributed by atoms with Gasteiger partial charge in [0.1, 0.15) is 5.75 Å². The number of para-hydroxylation sites is 2. The Balaban J connectivity index is 1.97. The van der Waals surface area contributed by atoms with Gasteiger partial charge in [0.25, 0.3) is 5.91 Å². The van der Waals surface area contributed by atoms with Gasteiger partial charge in [-0.3, -0.25) is 4.79 Å². The molecule has 0 fully saturated rings. The summed E-state index contributed by atoms with van der Waals surface area (Å²) >= 11 is 0. The van der Waals surface area contributed by atoms with Crippen LogP contribution in [-0.4, -0.2) is 32.2 Å². The van der Waals surface area contributed by atoms with Crippen molar-refractivity contribution in [2.45, 2.75) is 19.6 Å². The van der Waals surface area contributed by atoms with Gasteiger partial charge in [-0.1, -0.05) is 24.3 Å². The van der Waals surface area contributed by atoms with E-state index < -0.39 is 18.0 Å². The minimum atomic E-state index is -0.948. The quantitative estimate of drug-likeness (QED) is 0.782. The molecule has 0 aliphatic rings. The molecule has 6 nitrogen and oxygen atoms in total. The van der Waals surface area contributed by atoms with E-state index >= 15 is 0 Å². The standard InChI is InChI=1S/C19H21NO5/c1-13(18(21)20-16-6-4-5-7-17(16)24-3)25-19(22)15-10-8-14(9-11-15)12-23-2/h4-11,13H,12H2,1-3H3,(H,20,21)/t13-/m0/s1. The first kappa shape index (κ1) is 18.5. The number of benzene rings is 2. The summed E-state index contributed by atoms with van der Waals surface area (Å²) in [7, 11) is 3.12. The van der Waals surface area contributed by atoms with Crippen LogP contribution in [0.4, 0.5) is 5.69 Å².